The molecule has 0 aliphatic carbocycles. The van der Waals surface area contributed by atoms with Crippen LogP contribution in [-0.2, 0) is 14.3 Å². The van der Waals surface area contributed by atoms with Crippen LogP contribution in [0, 0.1) is 0 Å². The van der Waals surface area contributed by atoms with Crippen molar-refractivity contribution in [1.82, 2.24) is 4.90 Å². The SMILES string of the molecule is NCCOCCOCCCN(CC(=O)O)C(=O)O. The molecule has 0 aromatic heterocycles. The summed E-state index contributed by atoms with van der Waals surface area (Å²) in [4.78, 5) is 21.9. The number of carboxylic acids is 1. The fourth-order valence-corrected chi connectivity index (χ4v) is 1.17. The van der Waals surface area contributed by atoms with Crippen LogP contribution in [0.25, 0.3) is 0 Å². The van der Waals surface area contributed by atoms with Gasteiger partial charge in [-0.1, -0.05) is 0 Å². The number of hydrogen-bond acceptors (Lipinski definition) is 5. The Labute approximate surface area is 105 Å². The number of nitrogens with two attached hydrogens (primary N) is 1. The number of nitrogens with zero attached hydrogens (tertiary/aromatic N) is 1. The molecule has 0 fully saturated rings. The van der Waals surface area contributed by atoms with E-state index in [1.54, 1.807) is 0 Å². The molecule has 0 spiro atoms. The second-order valence-electron chi connectivity index (χ2n) is 3.46. The van der Waals surface area contributed by atoms with Gasteiger partial charge in [-0.3, -0.25) is 9.69 Å². The number of carbonyl (C=O) groups is 2. The highest BCUT2D eigenvalue weighted by Crippen LogP contribution is 1.94. The molecule has 106 valence electrons. The van der Waals surface area contributed by atoms with E-state index in [1.807, 2.05) is 0 Å². The number of aliphatic carboxylic acids is 1. The highest BCUT2D eigenvalue weighted by molar-refractivity contribution is 5.75. The van der Waals surface area contributed by atoms with Crippen LogP contribution < -0.4 is 5.73 Å². The Morgan fingerprint density at radius 2 is 1.67 bits per heavy atom. The Morgan fingerprint density at radius 1 is 1.06 bits per heavy atom. The van der Waals surface area contributed by atoms with Crippen LogP contribution in [-0.4, -0.2) is 73.2 Å². The van der Waals surface area contributed by atoms with Gasteiger partial charge in [0.15, 0.2) is 0 Å². The lowest BCUT2D eigenvalue weighted by atomic mass is 10.4. The average molecular weight is 264 g/mol. The standard InChI is InChI=1S/C10H20N2O6/c11-2-5-18-7-6-17-4-1-3-12(10(15)16)8-9(13)14/h1-8,11H2,(H,13,14)(H,15,16). The Bertz CT molecular complexity index is 249. The molecule has 0 rings (SSSR count). The molecule has 0 aliphatic heterocycles. The summed E-state index contributed by atoms with van der Waals surface area (Å²) in [5.74, 6) is -1.17. The van der Waals surface area contributed by atoms with Crippen molar-refractivity contribution in [3.05, 3.63) is 0 Å². The Hall–Kier alpha value is -1.38. The van der Waals surface area contributed by atoms with E-state index in [2.05, 4.69) is 0 Å². The third-order valence-corrected chi connectivity index (χ3v) is 1.95. The van der Waals surface area contributed by atoms with Crippen molar-refractivity contribution in [2.45, 2.75) is 6.42 Å². The number of amides is 1. The van der Waals surface area contributed by atoms with Gasteiger partial charge >= 0.3 is 12.1 Å². The number of rotatable bonds is 11. The van der Waals surface area contributed by atoms with Crippen LogP contribution in [0.15, 0.2) is 0 Å². The van der Waals surface area contributed by atoms with Gasteiger partial charge in [0.25, 0.3) is 0 Å². The van der Waals surface area contributed by atoms with Gasteiger partial charge in [-0.25, -0.2) is 4.79 Å². The molecule has 8 nitrogen and oxygen atoms in total. The van der Waals surface area contributed by atoms with Crippen molar-refractivity contribution in [3.8, 4) is 0 Å². The summed E-state index contributed by atoms with van der Waals surface area (Å²) in [6.45, 7) is 1.76. The fourth-order valence-electron chi connectivity index (χ4n) is 1.17. The van der Waals surface area contributed by atoms with Crippen molar-refractivity contribution in [2.24, 2.45) is 5.73 Å². The molecule has 0 aromatic rings. The van der Waals surface area contributed by atoms with Crippen LogP contribution in [0.5, 0.6) is 0 Å². The Kier molecular flexibility index (Phi) is 9.93. The van der Waals surface area contributed by atoms with Gasteiger partial charge in [-0.2, -0.15) is 0 Å². The van der Waals surface area contributed by atoms with E-state index in [0.717, 1.165) is 4.90 Å². The predicted octanol–water partition coefficient (Wildman–Crippen LogP) is -0.567. The van der Waals surface area contributed by atoms with E-state index < -0.39 is 18.6 Å². The van der Waals surface area contributed by atoms with E-state index >= 15 is 0 Å². The first kappa shape index (κ1) is 16.6. The largest absolute Gasteiger partial charge is 0.480 e. The zero-order chi connectivity index (χ0) is 13.8. The number of hydrogen-bond donors (Lipinski definition) is 3. The van der Waals surface area contributed by atoms with Gasteiger partial charge in [0.05, 0.1) is 19.8 Å². The lowest BCUT2D eigenvalue weighted by Gasteiger charge is -2.16. The van der Waals surface area contributed by atoms with Gasteiger partial charge in [-0.15, -0.1) is 0 Å². The second-order valence-corrected chi connectivity index (χ2v) is 3.46. The lowest BCUT2D eigenvalue weighted by Crippen LogP contribution is -2.35. The van der Waals surface area contributed by atoms with E-state index in [0.29, 0.717) is 39.4 Å². The topological polar surface area (TPSA) is 122 Å². The van der Waals surface area contributed by atoms with Crippen molar-refractivity contribution >= 4 is 12.1 Å². The maximum absolute atomic E-state index is 10.7. The first-order valence-electron chi connectivity index (χ1n) is 5.63. The normalized spacial score (nSPS) is 10.3. The van der Waals surface area contributed by atoms with E-state index in [-0.39, 0.29) is 6.54 Å². The summed E-state index contributed by atoms with van der Waals surface area (Å²) in [6, 6.07) is 0. The molecule has 0 heterocycles. The van der Waals surface area contributed by atoms with Crippen molar-refractivity contribution in [2.75, 3.05) is 46.1 Å². The van der Waals surface area contributed by atoms with E-state index in [9.17, 15) is 9.59 Å². The summed E-state index contributed by atoms with van der Waals surface area (Å²) in [5.41, 5.74) is 5.22. The molecule has 0 radical (unpaired) electrons. The molecule has 8 heteroatoms. The van der Waals surface area contributed by atoms with Crippen molar-refractivity contribution in [3.63, 3.8) is 0 Å². The lowest BCUT2D eigenvalue weighted by molar-refractivity contribution is -0.137. The van der Waals surface area contributed by atoms with Gasteiger partial charge in [0.1, 0.15) is 6.54 Å². The summed E-state index contributed by atoms with van der Waals surface area (Å²) in [7, 11) is 0. The molecular weight excluding hydrogens is 244 g/mol. The zero-order valence-electron chi connectivity index (χ0n) is 10.2. The van der Waals surface area contributed by atoms with Crippen LogP contribution in [0.3, 0.4) is 0 Å². The van der Waals surface area contributed by atoms with E-state index in [1.165, 1.54) is 0 Å². The summed E-state index contributed by atoms with van der Waals surface area (Å²) >= 11 is 0. The third-order valence-electron chi connectivity index (χ3n) is 1.95. The predicted molar refractivity (Wildman–Crippen MR) is 62.5 cm³/mol. The monoisotopic (exact) mass is 264 g/mol. The molecule has 18 heavy (non-hydrogen) atoms. The number of carboxylic acid groups (broad SMARTS) is 2. The van der Waals surface area contributed by atoms with Crippen LogP contribution >= 0.6 is 0 Å². The molecular formula is C10H20N2O6. The maximum Gasteiger partial charge on any atom is 0.407 e. The van der Waals surface area contributed by atoms with Gasteiger partial charge in [-0.05, 0) is 6.42 Å². The quantitative estimate of drug-likeness (QED) is 0.427. The summed E-state index contributed by atoms with van der Waals surface area (Å²) < 4.78 is 10.3. The Morgan fingerprint density at radius 3 is 2.17 bits per heavy atom. The van der Waals surface area contributed by atoms with Crippen LogP contribution in [0.2, 0.25) is 0 Å². The number of ether oxygens (including phenoxy) is 2. The van der Waals surface area contributed by atoms with Crippen molar-refractivity contribution < 1.29 is 29.3 Å². The second kappa shape index (κ2) is 10.8. The average Bonchev–Trinajstić information content (AvgIpc) is 2.30. The van der Waals surface area contributed by atoms with E-state index in [4.69, 9.17) is 25.4 Å². The molecule has 0 atom stereocenters. The van der Waals surface area contributed by atoms with Crippen LogP contribution in [0.4, 0.5) is 4.79 Å². The molecule has 0 saturated heterocycles. The Balaban J connectivity index is 3.49. The summed E-state index contributed by atoms with van der Waals surface area (Å²) in [5, 5.41) is 17.2. The highest BCUT2D eigenvalue weighted by atomic mass is 16.5. The first-order chi connectivity index (χ1) is 8.57. The molecule has 0 unspecified atom stereocenters. The summed E-state index contributed by atoms with van der Waals surface area (Å²) in [6.07, 6.45) is -0.806. The maximum atomic E-state index is 10.7. The third kappa shape index (κ3) is 9.82. The van der Waals surface area contributed by atoms with Gasteiger partial charge in [0, 0.05) is 19.7 Å². The van der Waals surface area contributed by atoms with Gasteiger partial charge < -0.3 is 25.4 Å². The molecule has 0 aromatic carbocycles. The first-order valence-corrected chi connectivity index (χ1v) is 5.63. The fraction of sp³-hybridized carbons (Fsp3) is 0.800. The minimum atomic E-state index is -1.25. The minimum absolute atomic E-state index is 0.130. The molecule has 0 bridgehead atoms. The molecule has 4 N–H and O–H groups in total. The minimum Gasteiger partial charge on any atom is -0.480 e. The van der Waals surface area contributed by atoms with Gasteiger partial charge in [0.2, 0.25) is 0 Å². The molecule has 0 saturated carbocycles. The van der Waals surface area contributed by atoms with Crippen molar-refractivity contribution in [1.29, 1.82) is 0 Å². The highest BCUT2D eigenvalue weighted by Gasteiger charge is 2.14. The van der Waals surface area contributed by atoms with Crippen LogP contribution in [0.1, 0.15) is 6.42 Å². The zero-order valence-corrected chi connectivity index (χ0v) is 10.2. The molecule has 0 aliphatic rings. The molecule has 1 amide bonds. The smallest absolute Gasteiger partial charge is 0.407 e.